The SMILES string of the molecule is c1ccc(C23NCNC2NCN3)cc1. The molecule has 1 aromatic rings. The maximum absolute atomic E-state index is 3.46. The molecule has 4 N–H and O–H groups in total. The normalized spacial score (nSPS) is 35.9. The zero-order valence-electron chi connectivity index (χ0n) is 7.88. The van der Waals surface area contributed by atoms with E-state index in [2.05, 4.69) is 45.5 Å². The number of rotatable bonds is 1. The third-order valence-corrected chi connectivity index (χ3v) is 3.01. The smallest absolute Gasteiger partial charge is 0.126 e. The van der Waals surface area contributed by atoms with Gasteiger partial charge in [0.1, 0.15) is 5.66 Å². The molecule has 0 amide bonds. The summed E-state index contributed by atoms with van der Waals surface area (Å²) < 4.78 is 0. The maximum Gasteiger partial charge on any atom is 0.126 e. The Balaban J connectivity index is 2.03. The molecule has 0 radical (unpaired) electrons. The molecule has 14 heavy (non-hydrogen) atoms. The molecule has 2 fully saturated rings. The van der Waals surface area contributed by atoms with Gasteiger partial charge < -0.3 is 0 Å². The molecule has 0 aromatic heterocycles. The zero-order valence-corrected chi connectivity index (χ0v) is 7.88. The van der Waals surface area contributed by atoms with E-state index < -0.39 is 0 Å². The third-order valence-electron chi connectivity index (χ3n) is 3.01. The van der Waals surface area contributed by atoms with Gasteiger partial charge >= 0.3 is 0 Å². The highest BCUT2D eigenvalue weighted by Gasteiger charge is 2.47. The molecule has 74 valence electrons. The molecular weight excluding hydrogens is 176 g/mol. The third kappa shape index (κ3) is 1.02. The molecule has 4 nitrogen and oxygen atoms in total. The molecule has 2 aliphatic heterocycles. The van der Waals surface area contributed by atoms with Gasteiger partial charge in [-0.15, -0.1) is 0 Å². The molecule has 0 saturated carbocycles. The Morgan fingerprint density at radius 3 is 2.29 bits per heavy atom. The monoisotopic (exact) mass is 190 g/mol. The summed E-state index contributed by atoms with van der Waals surface area (Å²) in [6, 6.07) is 10.5. The summed E-state index contributed by atoms with van der Waals surface area (Å²) in [6.45, 7) is 1.67. The van der Waals surface area contributed by atoms with Crippen molar-refractivity contribution < 1.29 is 0 Å². The Kier molecular flexibility index (Phi) is 1.81. The Morgan fingerprint density at radius 2 is 1.64 bits per heavy atom. The lowest BCUT2D eigenvalue weighted by Crippen LogP contribution is -2.52. The van der Waals surface area contributed by atoms with E-state index in [-0.39, 0.29) is 11.8 Å². The Labute approximate surface area is 83.1 Å². The molecular formula is C10H14N4. The van der Waals surface area contributed by atoms with Crippen molar-refractivity contribution in [2.24, 2.45) is 0 Å². The van der Waals surface area contributed by atoms with Crippen molar-refractivity contribution in [2.75, 3.05) is 13.3 Å². The van der Waals surface area contributed by atoms with E-state index in [0.717, 1.165) is 13.3 Å². The summed E-state index contributed by atoms with van der Waals surface area (Å²) in [7, 11) is 0. The van der Waals surface area contributed by atoms with Crippen LogP contribution in [0.1, 0.15) is 5.56 Å². The highest BCUT2D eigenvalue weighted by molar-refractivity contribution is 5.28. The van der Waals surface area contributed by atoms with Crippen molar-refractivity contribution in [2.45, 2.75) is 11.8 Å². The maximum atomic E-state index is 3.46. The van der Waals surface area contributed by atoms with Crippen LogP contribution in [-0.4, -0.2) is 19.5 Å². The van der Waals surface area contributed by atoms with Gasteiger partial charge in [-0.25, -0.2) is 0 Å². The molecule has 0 aliphatic carbocycles. The molecule has 0 spiro atoms. The Bertz CT molecular complexity index is 314. The average Bonchev–Trinajstić information content (AvgIpc) is 2.77. The number of hydrogen-bond donors (Lipinski definition) is 4. The van der Waals surface area contributed by atoms with E-state index in [4.69, 9.17) is 0 Å². The van der Waals surface area contributed by atoms with Gasteiger partial charge in [0.2, 0.25) is 0 Å². The fourth-order valence-electron chi connectivity index (χ4n) is 2.30. The van der Waals surface area contributed by atoms with Gasteiger partial charge in [-0.2, -0.15) is 0 Å². The van der Waals surface area contributed by atoms with Crippen LogP contribution in [0.2, 0.25) is 0 Å². The van der Waals surface area contributed by atoms with Gasteiger partial charge in [-0.3, -0.25) is 21.3 Å². The van der Waals surface area contributed by atoms with E-state index in [1.165, 1.54) is 5.56 Å². The first kappa shape index (κ1) is 8.38. The van der Waals surface area contributed by atoms with E-state index in [1.54, 1.807) is 0 Å². The molecule has 3 rings (SSSR count). The van der Waals surface area contributed by atoms with E-state index in [9.17, 15) is 0 Å². The van der Waals surface area contributed by atoms with E-state index in [1.807, 2.05) is 6.07 Å². The fourth-order valence-corrected chi connectivity index (χ4v) is 2.30. The highest BCUT2D eigenvalue weighted by Crippen LogP contribution is 2.26. The predicted octanol–water partition coefficient (Wildman–Crippen LogP) is -0.534. The van der Waals surface area contributed by atoms with Crippen molar-refractivity contribution in [3.05, 3.63) is 35.9 Å². The molecule has 2 heterocycles. The molecule has 0 unspecified atom stereocenters. The standard InChI is InChI=1S/C10H14N4/c1-2-4-8(5-3-1)10-9(11-6-13-10)12-7-14-10/h1-5,9,11-14H,6-7H2. The summed E-state index contributed by atoms with van der Waals surface area (Å²) >= 11 is 0. The van der Waals surface area contributed by atoms with E-state index >= 15 is 0 Å². The van der Waals surface area contributed by atoms with Gasteiger partial charge in [0.25, 0.3) is 0 Å². The van der Waals surface area contributed by atoms with Crippen molar-refractivity contribution in [3.8, 4) is 0 Å². The summed E-state index contributed by atoms with van der Waals surface area (Å²) in [6.07, 6.45) is 0.282. The minimum Gasteiger partial charge on any atom is -0.286 e. The number of hydrogen-bond acceptors (Lipinski definition) is 4. The van der Waals surface area contributed by atoms with Crippen LogP contribution in [0.25, 0.3) is 0 Å². The molecule has 1 aromatic carbocycles. The van der Waals surface area contributed by atoms with Gasteiger partial charge in [0, 0.05) is 13.3 Å². The highest BCUT2D eigenvalue weighted by atomic mass is 15.5. The van der Waals surface area contributed by atoms with Crippen molar-refractivity contribution in [1.29, 1.82) is 0 Å². The molecule has 0 bridgehead atoms. The summed E-state index contributed by atoms with van der Waals surface area (Å²) in [5, 5.41) is 13.7. The second-order valence-corrected chi connectivity index (χ2v) is 3.72. The van der Waals surface area contributed by atoms with Gasteiger partial charge in [0.15, 0.2) is 0 Å². The largest absolute Gasteiger partial charge is 0.286 e. The minimum absolute atomic E-state index is 0.124. The summed E-state index contributed by atoms with van der Waals surface area (Å²) in [5.74, 6) is 0. The molecule has 2 saturated heterocycles. The lowest BCUT2D eigenvalue weighted by Gasteiger charge is -2.28. The van der Waals surface area contributed by atoms with Crippen molar-refractivity contribution in [3.63, 3.8) is 0 Å². The van der Waals surface area contributed by atoms with Gasteiger partial charge in [0.05, 0.1) is 6.17 Å². The Morgan fingerprint density at radius 1 is 1.00 bits per heavy atom. The first-order chi connectivity index (χ1) is 6.92. The molecule has 0 atom stereocenters. The van der Waals surface area contributed by atoms with Gasteiger partial charge in [-0.1, -0.05) is 30.3 Å². The van der Waals surface area contributed by atoms with Crippen LogP contribution >= 0.6 is 0 Å². The zero-order chi connectivity index (χ0) is 9.43. The second kappa shape index (κ2) is 3.03. The van der Waals surface area contributed by atoms with Gasteiger partial charge in [-0.05, 0) is 5.56 Å². The first-order valence-electron chi connectivity index (χ1n) is 4.94. The minimum atomic E-state index is -0.124. The second-order valence-electron chi connectivity index (χ2n) is 3.72. The summed E-state index contributed by atoms with van der Waals surface area (Å²) in [4.78, 5) is 0. The Hall–Kier alpha value is -0.940. The van der Waals surface area contributed by atoms with Crippen LogP contribution in [0, 0.1) is 0 Å². The number of benzene rings is 1. The lowest BCUT2D eigenvalue weighted by molar-refractivity contribution is 0.328. The first-order valence-corrected chi connectivity index (χ1v) is 4.94. The van der Waals surface area contributed by atoms with Crippen LogP contribution in [0.5, 0.6) is 0 Å². The van der Waals surface area contributed by atoms with Crippen molar-refractivity contribution in [1.82, 2.24) is 21.3 Å². The fraction of sp³-hybridized carbons (Fsp3) is 0.400. The molecule has 4 heteroatoms. The van der Waals surface area contributed by atoms with E-state index in [0.29, 0.717) is 0 Å². The number of fused-ring (bicyclic) bond motifs is 1. The molecule has 2 aliphatic rings. The predicted molar refractivity (Wildman–Crippen MR) is 54.2 cm³/mol. The van der Waals surface area contributed by atoms with Crippen LogP contribution in [0.3, 0.4) is 0 Å². The van der Waals surface area contributed by atoms with Crippen molar-refractivity contribution >= 4 is 0 Å². The summed E-state index contributed by atoms with van der Waals surface area (Å²) in [5.41, 5.74) is 1.15. The average molecular weight is 190 g/mol. The van der Waals surface area contributed by atoms with Crippen LogP contribution in [0.15, 0.2) is 30.3 Å². The topological polar surface area (TPSA) is 48.1 Å². The van der Waals surface area contributed by atoms with Crippen LogP contribution in [0.4, 0.5) is 0 Å². The quantitative estimate of drug-likeness (QED) is 0.481. The van der Waals surface area contributed by atoms with Crippen LogP contribution < -0.4 is 21.3 Å². The van der Waals surface area contributed by atoms with Crippen LogP contribution in [-0.2, 0) is 5.66 Å². The lowest BCUT2D eigenvalue weighted by atomic mass is 9.99. The number of nitrogens with one attached hydrogen (secondary N) is 4.